The van der Waals surface area contributed by atoms with E-state index in [2.05, 4.69) is 11.8 Å². The number of nitrogens with two attached hydrogens (primary N) is 1. The van der Waals surface area contributed by atoms with E-state index in [1.54, 1.807) is 0 Å². The van der Waals surface area contributed by atoms with Gasteiger partial charge in [-0.2, -0.15) is 0 Å². The molecule has 1 aliphatic carbocycles. The van der Waals surface area contributed by atoms with Gasteiger partial charge in [-0.3, -0.25) is 4.90 Å². The smallest absolute Gasteiger partial charge is 0.0593 e. The van der Waals surface area contributed by atoms with Gasteiger partial charge in [0, 0.05) is 32.3 Å². The van der Waals surface area contributed by atoms with Crippen LogP contribution < -0.4 is 5.73 Å². The number of hydrogen-bond acceptors (Lipinski definition) is 3. The summed E-state index contributed by atoms with van der Waals surface area (Å²) in [5, 5.41) is 0. The quantitative estimate of drug-likeness (QED) is 0.818. The fourth-order valence-corrected chi connectivity index (χ4v) is 3.41. The lowest BCUT2D eigenvalue weighted by Gasteiger charge is -2.38. The fraction of sp³-hybridized carbons (Fsp3) is 1.00. The summed E-state index contributed by atoms with van der Waals surface area (Å²) in [5.41, 5.74) is 6.04. The number of rotatable bonds is 3. The first-order valence-electron chi connectivity index (χ1n) is 7.33. The van der Waals surface area contributed by atoms with E-state index in [1.807, 2.05) is 0 Å². The van der Waals surface area contributed by atoms with Gasteiger partial charge in [0.25, 0.3) is 0 Å². The Kier molecular flexibility index (Phi) is 5.26. The van der Waals surface area contributed by atoms with Gasteiger partial charge in [0.05, 0.1) is 6.61 Å². The van der Waals surface area contributed by atoms with E-state index >= 15 is 0 Å². The highest BCUT2D eigenvalue weighted by Gasteiger charge is 2.29. The topological polar surface area (TPSA) is 38.5 Å². The van der Waals surface area contributed by atoms with Gasteiger partial charge in [-0.1, -0.05) is 19.8 Å². The fourth-order valence-electron chi connectivity index (χ4n) is 3.41. The number of nitrogens with zero attached hydrogens (tertiary/aromatic N) is 1. The summed E-state index contributed by atoms with van der Waals surface area (Å²) in [5.74, 6) is 1.76. The minimum atomic E-state index is 0.601. The lowest BCUT2D eigenvalue weighted by molar-refractivity contribution is 0.0982. The Hall–Kier alpha value is -0.120. The van der Waals surface area contributed by atoms with Crippen LogP contribution >= 0.6 is 0 Å². The van der Waals surface area contributed by atoms with Crippen molar-refractivity contribution in [1.29, 1.82) is 0 Å². The van der Waals surface area contributed by atoms with Gasteiger partial charge in [0.1, 0.15) is 0 Å². The minimum absolute atomic E-state index is 0.601. The molecule has 2 fully saturated rings. The average molecular weight is 240 g/mol. The van der Waals surface area contributed by atoms with Gasteiger partial charge >= 0.3 is 0 Å². The molecule has 1 aliphatic heterocycles. The van der Waals surface area contributed by atoms with E-state index in [0.717, 1.165) is 38.1 Å². The predicted molar refractivity (Wildman–Crippen MR) is 71.0 cm³/mol. The molecule has 100 valence electrons. The second-order valence-corrected chi connectivity index (χ2v) is 5.82. The van der Waals surface area contributed by atoms with Crippen LogP contribution in [0.15, 0.2) is 0 Å². The second kappa shape index (κ2) is 6.72. The molecular weight excluding hydrogens is 212 g/mol. The summed E-state index contributed by atoms with van der Waals surface area (Å²) in [6.07, 6.45) is 6.71. The Morgan fingerprint density at radius 1 is 1.18 bits per heavy atom. The molecule has 0 bridgehead atoms. The summed E-state index contributed by atoms with van der Waals surface area (Å²) >= 11 is 0. The van der Waals surface area contributed by atoms with Crippen LogP contribution in [0.1, 0.15) is 39.0 Å². The van der Waals surface area contributed by atoms with Crippen molar-refractivity contribution >= 4 is 0 Å². The zero-order valence-corrected chi connectivity index (χ0v) is 11.2. The summed E-state index contributed by atoms with van der Waals surface area (Å²) in [7, 11) is 0. The van der Waals surface area contributed by atoms with Crippen molar-refractivity contribution in [3.8, 4) is 0 Å². The maximum Gasteiger partial charge on any atom is 0.0593 e. The van der Waals surface area contributed by atoms with Crippen LogP contribution in [-0.2, 0) is 4.74 Å². The largest absolute Gasteiger partial charge is 0.380 e. The van der Waals surface area contributed by atoms with E-state index < -0.39 is 0 Å². The van der Waals surface area contributed by atoms with Crippen molar-refractivity contribution in [3.63, 3.8) is 0 Å². The van der Waals surface area contributed by atoms with Crippen LogP contribution in [0.5, 0.6) is 0 Å². The lowest BCUT2D eigenvalue weighted by atomic mass is 9.78. The third-order valence-corrected chi connectivity index (χ3v) is 4.57. The van der Waals surface area contributed by atoms with Gasteiger partial charge in [0.15, 0.2) is 0 Å². The van der Waals surface area contributed by atoms with Crippen molar-refractivity contribution < 1.29 is 4.74 Å². The molecule has 0 aromatic rings. The summed E-state index contributed by atoms with van der Waals surface area (Å²) < 4.78 is 5.54. The summed E-state index contributed by atoms with van der Waals surface area (Å²) in [6.45, 7) is 7.27. The standard InChI is InChI=1S/C14H28N2O/c1-12-3-5-13(6-4-12)14(11-15)16-7-2-9-17-10-8-16/h12-14H,2-11,15H2,1H3. The maximum absolute atomic E-state index is 6.04. The molecule has 17 heavy (non-hydrogen) atoms. The van der Waals surface area contributed by atoms with Gasteiger partial charge in [-0.05, 0) is 31.1 Å². The molecule has 1 saturated carbocycles. The monoisotopic (exact) mass is 240 g/mol. The van der Waals surface area contributed by atoms with Crippen molar-refractivity contribution in [2.45, 2.75) is 45.1 Å². The molecule has 0 spiro atoms. The Bertz CT molecular complexity index is 206. The predicted octanol–water partition coefficient (Wildman–Crippen LogP) is 1.86. The van der Waals surface area contributed by atoms with E-state index in [0.29, 0.717) is 6.04 Å². The first-order chi connectivity index (χ1) is 8.31. The molecule has 0 aromatic heterocycles. The molecule has 0 radical (unpaired) electrons. The first-order valence-corrected chi connectivity index (χ1v) is 7.33. The average Bonchev–Trinajstić information content (AvgIpc) is 2.62. The Labute approximate surface area is 106 Å². The Morgan fingerprint density at radius 2 is 1.94 bits per heavy atom. The normalized spacial score (nSPS) is 34.2. The van der Waals surface area contributed by atoms with Crippen LogP contribution in [0, 0.1) is 11.8 Å². The van der Waals surface area contributed by atoms with Crippen LogP contribution in [0.3, 0.4) is 0 Å². The van der Waals surface area contributed by atoms with E-state index in [1.165, 1.54) is 38.6 Å². The van der Waals surface area contributed by atoms with Crippen LogP contribution in [0.4, 0.5) is 0 Å². The highest BCUT2D eigenvalue weighted by molar-refractivity contribution is 4.84. The Morgan fingerprint density at radius 3 is 2.65 bits per heavy atom. The summed E-state index contributed by atoms with van der Waals surface area (Å²) in [4.78, 5) is 2.59. The third-order valence-electron chi connectivity index (χ3n) is 4.57. The molecular formula is C14H28N2O. The molecule has 3 nitrogen and oxygen atoms in total. The van der Waals surface area contributed by atoms with Crippen LogP contribution in [-0.4, -0.2) is 43.8 Å². The molecule has 3 heteroatoms. The van der Waals surface area contributed by atoms with Crippen LogP contribution in [0.25, 0.3) is 0 Å². The van der Waals surface area contributed by atoms with E-state index in [-0.39, 0.29) is 0 Å². The van der Waals surface area contributed by atoms with Crippen molar-refractivity contribution in [2.24, 2.45) is 17.6 Å². The third kappa shape index (κ3) is 3.67. The molecule has 1 saturated heterocycles. The molecule has 1 atom stereocenters. The number of ether oxygens (including phenoxy) is 1. The minimum Gasteiger partial charge on any atom is -0.380 e. The van der Waals surface area contributed by atoms with Gasteiger partial charge < -0.3 is 10.5 Å². The molecule has 2 rings (SSSR count). The van der Waals surface area contributed by atoms with Crippen molar-refractivity contribution in [3.05, 3.63) is 0 Å². The highest BCUT2D eigenvalue weighted by Crippen LogP contribution is 2.32. The zero-order valence-electron chi connectivity index (χ0n) is 11.2. The van der Waals surface area contributed by atoms with Gasteiger partial charge in [-0.15, -0.1) is 0 Å². The van der Waals surface area contributed by atoms with Gasteiger partial charge in [-0.25, -0.2) is 0 Å². The highest BCUT2D eigenvalue weighted by atomic mass is 16.5. The van der Waals surface area contributed by atoms with E-state index in [4.69, 9.17) is 10.5 Å². The van der Waals surface area contributed by atoms with Crippen molar-refractivity contribution in [2.75, 3.05) is 32.8 Å². The van der Waals surface area contributed by atoms with E-state index in [9.17, 15) is 0 Å². The molecule has 1 unspecified atom stereocenters. The van der Waals surface area contributed by atoms with Crippen LogP contribution in [0.2, 0.25) is 0 Å². The SMILES string of the molecule is CC1CCC(C(CN)N2CCCOCC2)CC1. The first kappa shape index (κ1) is 13.3. The molecule has 0 aromatic carbocycles. The number of hydrogen-bond donors (Lipinski definition) is 1. The van der Waals surface area contributed by atoms with Gasteiger partial charge in [0.2, 0.25) is 0 Å². The molecule has 1 heterocycles. The zero-order chi connectivity index (χ0) is 12.1. The van der Waals surface area contributed by atoms with Crippen molar-refractivity contribution in [1.82, 2.24) is 4.90 Å². The molecule has 2 N–H and O–H groups in total. The second-order valence-electron chi connectivity index (χ2n) is 5.82. The Balaban J connectivity index is 1.89. The summed E-state index contributed by atoms with van der Waals surface area (Å²) in [6, 6.07) is 0.601. The molecule has 2 aliphatic rings. The maximum atomic E-state index is 6.04. The molecule has 0 amide bonds. The lowest BCUT2D eigenvalue weighted by Crippen LogP contribution is -2.47.